The van der Waals surface area contributed by atoms with E-state index in [0.717, 1.165) is 5.56 Å². The number of thiophene rings is 1. The van der Waals surface area contributed by atoms with Crippen LogP contribution in [-0.4, -0.2) is 10.1 Å². The molecule has 2 rings (SSSR count). The topological polar surface area (TPSA) is 64.9 Å². The summed E-state index contributed by atoms with van der Waals surface area (Å²) in [7, 11) is 0. The van der Waals surface area contributed by atoms with E-state index in [9.17, 15) is 0 Å². The van der Waals surface area contributed by atoms with Gasteiger partial charge in [-0.05, 0) is 16.9 Å². The molecule has 1 unspecified atom stereocenters. The molecule has 0 aromatic carbocycles. The fraction of sp³-hybridized carbons (Fsp3) is 0.455. The van der Waals surface area contributed by atoms with E-state index in [0.29, 0.717) is 11.7 Å². The van der Waals surface area contributed by atoms with Gasteiger partial charge in [0.25, 0.3) is 5.89 Å². The first-order chi connectivity index (χ1) is 7.48. The molecular weight excluding hydrogens is 222 g/mol. The van der Waals surface area contributed by atoms with Gasteiger partial charge in [0, 0.05) is 5.38 Å². The van der Waals surface area contributed by atoms with Crippen LogP contribution in [0.4, 0.5) is 0 Å². The van der Waals surface area contributed by atoms with Gasteiger partial charge in [-0.15, -0.1) is 0 Å². The molecule has 0 radical (unpaired) electrons. The smallest absolute Gasteiger partial charge is 0.258 e. The number of nitrogens with two attached hydrogens (primary N) is 1. The van der Waals surface area contributed by atoms with Gasteiger partial charge in [-0.1, -0.05) is 25.9 Å². The molecule has 0 saturated carbocycles. The van der Waals surface area contributed by atoms with Crippen molar-refractivity contribution in [3.63, 3.8) is 0 Å². The Balaban J connectivity index is 2.27. The van der Waals surface area contributed by atoms with Crippen molar-refractivity contribution < 1.29 is 4.52 Å². The predicted molar refractivity (Wildman–Crippen MR) is 64.0 cm³/mol. The van der Waals surface area contributed by atoms with Crippen LogP contribution in [0.2, 0.25) is 0 Å². The summed E-state index contributed by atoms with van der Waals surface area (Å²) in [5.41, 5.74) is 6.93. The van der Waals surface area contributed by atoms with Crippen molar-refractivity contribution in [3.8, 4) is 11.5 Å². The van der Waals surface area contributed by atoms with Crippen LogP contribution in [0.15, 0.2) is 21.3 Å². The van der Waals surface area contributed by atoms with E-state index in [1.54, 1.807) is 11.3 Å². The summed E-state index contributed by atoms with van der Waals surface area (Å²) in [6.07, 6.45) is 0. The SMILES string of the molecule is CC(C)(C)C(N)c1noc(-c2ccsc2)n1. The second-order valence-electron chi connectivity index (χ2n) is 4.81. The van der Waals surface area contributed by atoms with Crippen LogP contribution in [-0.2, 0) is 0 Å². The predicted octanol–water partition coefficient (Wildman–Crippen LogP) is 2.84. The van der Waals surface area contributed by atoms with Crippen LogP contribution in [0.3, 0.4) is 0 Å². The first-order valence-electron chi connectivity index (χ1n) is 5.10. The molecule has 2 N–H and O–H groups in total. The van der Waals surface area contributed by atoms with E-state index in [1.807, 2.05) is 16.8 Å². The lowest BCUT2D eigenvalue weighted by Crippen LogP contribution is -2.27. The van der Waals surface area contributed by atoms with Gasteiger partial charge in [0.1, 0.15) is 0 Å². The van der Waals surface area contributed by atoms with Gasteiger partial charge in [-0.2, -0.15) is 16.3 Å². The monoisotopic (exact) mass is 237 g/mol. The lowest BCUT2D eigenvalue weighted by molar-refractivity contribution is 0.303. The minimum atomic E-state index is -0.219. The molecule has 0 spiro atoms. The molecule has 0 aliphatic heterocycles. The fourth-order valence-corrected chi connectivity index (χ4v) is 1.88. The molecule has 0 fully saturated rings. The number of aromatic nitrogens is 2. The molecule has 0 bridgehead atoms. The molecule has 2 heterocycles. The first-order valence-corrected chi connectivity index (χ1v) is 6.04. The number of rotatable bonds is 2. The van der Waals surface area contributed by atoms with Crippen LogP contribution in [0.1, 0.15) is 32.6 Å². The highest BCUT2D eigenvalue weighted by Gasteiger charge is 2.27. The lowest BCUT2D eigenvalue weighted by Gasteiger charge is -2.23. The molecule has 1 atom stereocenters. The van der Waals surface area contributed by atoms with Crippen LogP contribution < -0.4 is 5.73 Å². The second kappa shape index (κ2) is 3.99. The minimum Gasteiger partial charge on any atom is -0.334 e. The van der Waals surface area contributed by atoms with Gasteiger partial charge in [0.05, 0.1) is 11.6 Å². The van der Waals surface area contributed by atoms with E-state index < -0.39 is 0 Å². The number of hydrogen-bond donors (Lipinski definition) is 1. The quantitative estimate of drug-likeness (QED) is 0.872. The van der Waals surface area contributed by atoms with Gasteiger partial charge >= 0.3 is 0 Å². The van der Waals surface area contributed by atoms with Crippen molar-refractivity contribution in [1.29, 1.82) is 0 Å². The normalized spacial score (nSPS) is 14.0. The van der Waals surface area contributed by atoms with Crippen LogP contribution in [0.5, 0.6) is 0 Å². The summed E-state index contributed by atoms with van der Waals surface area (Å²) in [6, 6.07) is 1.73. The Morgan fingerprint density at radius 2 is 2.19 bits per heavy atom. The van der Waals surface area contributed by atoms with Crippen molar-refractivity contribution in [2.24, 2.45) is 11.1 Å². The van der Waals surface area contributed by atoms with Gasteiger partial charge in [-0.3, -0.25) is 0 Å². The highest BCUT2D eigenvalue weighted by atomic mass is 32.1. The lowest BCUT2D eigenvalue weighted by atomic mass is 9.87. The van der Waals surface area contributed by atoms with Crippen LogP contribution in [0, 0.1) is 5.41 Å². The summed E-state index contributed by atoms with van der Waals surface area (Å²) in [4.78, 5) is 4.32. The van der Waals surface area contributed by atoms with Crippen molar-refractivity contribution >= 4 is 11.3 Å². The molecule has 0 amide bonds. The first kappa shape index (κ1) is 11.3. The maximum absolute atomic E-state index is 6.06. The van der Waals surface area contributed by atoms with Gasteiger partial charge in [-0.25, -0.2) is 0 Å². The highest BCUT2D eigenvalue weighted by molar-refractivity contribution is 7.08. The van der Waals surface area contributed by atoms with E-state index in [-0.39, 0.29) is 11.5 Å². The Bertz CT molecular complexity index is 456. The third-order valence-corrected chi connectivity index (χ3v) is 3.10. The molecule has 2 aromatic rings. The molecule has 16 heavy (non-hydrogen) atoms. The zero-order valence-electron chi connectivity index (χ0n) is 9.60. The molecule has 0 aliphatic carbocycles. The Kier molecular flexibility index (Phi) is 2.82. The van der Waals surface area contributed by atoms with E-state index in [4.69, 9.17) is 10.3 Å². The molecule has 4 nitrogen and oxygen atoms in total. The second-order valence-corrected chi connectivity index (χ2v) is 5.59. The zero-order valence-corrected chi connectivity index (χ0v) is 10.4. The van der Waals surface area contributed by atoms with Crippen molar-refractivity contribution in [3.05, 3.63) is 22.7 Å². The van der Waals surface area contributed by atoms with Gasteiger partial charge in [0.2, 0.25) is 0 Å². The summed E-state index contributed by atoms with van der Waals surface area (Å²) < 4.78 is 5.19. The maximum atomic E-state index is 6.06. The van der Waals surface area contributed by atoms with Gasteiger partial charge in [0.15, 0.2) is 5.82 Å². The Labute approximate surface area is 98.5 Å². The van der Waals surface area contributed by atoms with Crippen molar-refractivity contribution in [1.82, 2.24) is 10.1 Å². The minimum absolute atomic E-state index is 0.0736. The molecule has 2 aromatic heterocycles. The molecule has 0 saturated heterocycles. The Morgan fingerprint density at radius 3 is 2.75 bits per heavy atom. The van der Waals surface area contributed by atoms with E-state index >= 15 is 0 Å². The van der Waals surface area contributed by atoms with E-state index in [2.05, 4.69) is 30.9 Å². The van der Waals surface area contributed by atoms with Gasteiger partial charge < -0.3 is 10.3 Å². The average molecular weight is 237 g/mol. The molecule has 0 aliphatic rings. The number of nitrogens with zero attached hydrogens (tertiary/aromatic N) is 2. The third-order valence-electron chi connectivity index (χ3n) is 2.42. The third kappa shape index (κ3) is 2.15. The fourth-order valence-electron chi connectivity index (χ4n) is 1.25. The van der Waals surface area contributed by atoms with E-state index in [1.165, 1.54) is 0 Å². The molecular formula is C11H15N3OS. The number of hydrogen-bond acceptors (Lipinski definition) is 5. The maximum Gasteiger partial charge on any atom is 0.258 e. The standard InChI is InChI=1S/C11H15N3OS/c1-11(2,3)8(12)9-13-10(15-14-9)7-4-5-16-6-7/h4-6,8H,12H2,1-3H3. The highest BCUT2D eigenvalue weighted by Crippen LogP contribution is 2.30. The summed E-state index contributed by atoms with van der Waals surface area (Å²) in [6.45, 7) is 6.16. The summed E-state index contributed by atoms with van der Waals surface area (Å²) in [5, 5.41) is 7.88. The largest absolute Gasteiger partial charge is 0.334 e. The Morgan fingerprint density at radius 1 is 1.44 bits per heavy atom. The molecule has 5 heteroatoms. The molecule has 86 valence electrons. The van der Waals surface area contributed by atoms with Crippen LogP contribution in [0.25, 0.3) is 11.5 Å². The summed E-state index contributed by atoms with van der Waals surface area (Å²) >= 11 is 1.60. The van der Waals surface area contributed by atoms with Crippen LogP contribution >= 0.6 is 11.3 Å². The summed E-state index contributed by atoms with van der Waals surface area (Å²) in [5.74, 6) is 1.10. The van der Waals surface area contributed by atoms with Crippen molar-refractivity contribution in [2.75, 3.05) is 0 Å². The Hall–Kier alpha value is -1.20. The average Bonchev–Trinajstić information content (AvgIpc) is 2.85. The zero-order chi connectivity index (χ0) is 11.8. The van der Waals surface area contributed by atoms with Crippen molar-refractivity contribution in [2.45, 2.75) is 26.8 Å².